The van der Waals surface area contributed by atoms with Crippen LogP contribution in [0.25, 0.3) is 6.08 Å². The molecule has 0 aromatic carbocycles. The van der Waals surface area contributed by atoms with E-state index in [-0.39, 0.29) is 6.10 Å². The first kappa shape index (κ1) is 9.78. The second kappa shape index (κ2) is 4.08. The van der Waals surface area contributed by atoms with Gasteiger partial charge in [0.2, 0.25) is 5.88 Å². The second-order valence-electron chi connectivity index (χ2n) is 3.26. The van der Waals surface area contributed by atoms with Crippen LogP contribution in [0.3, 0.4) is 0 Å². The lowest BCUT2D eigenvalue weighted by atomic mass is 10.2. The van der Waals surface area contributed by atoms with E-state index in [1.165, 1.54) is 0 Å². The van der Waals surface area contributed by atoms with Crippen LogP contribution >= 0.6 is 0 Å². The predicted octanol–water partition coefficient (Wildman–Crippen LogP) is 2.82. The van der Waals surface area contributed by atoms with E-state index in [4.69, 9.17) is 4.74 Å². The number of hydrogen-bond acceptors (Lipinski definition) is 2. The number of aryl methyl sites for hydroxylation is 1. The van der Waals surface area contributed by atoms with Crippen LogP contribution in [0.2, 0.25) is 0 Å². The number of pyridine rings is 1. The molecule has 0 unspecified atom stereocenters. The Morgan fingerprint density at radius 1 is 1.54 bits per heavy atom. The minimum Gasteiger partial charge on any atom is -0.475 e. The van der Waals surface area contributed by atoms with E-state index in [0.29, 0.717) is 5.88 Å². The molecule has 1 aromatic heterocycles. The molecule has 0 N–H and O–H groups in total. The van der Waals surface area contributed by atoms with Crippen LogP contribution in [0.15, 0.2) is 18.8 Å². The molecule has 1 rings (SSSR count). The molecule has 0 radical (unpaired) electrons. The van der Waals surface area contributed by atoms with E-state index in [0.717, 1.165) is 11.1 Å². The summed E-state index contributed by atoms with van der Waals surface area (Å²) in [6.07, 6.45) is 3.71. The Kier molecular flexibility index (Phi) is 3.07. The highest BCUT2D eigenvalue weighted by Gasteiger charge is 2.03. The summed E-state index contributed by atoms with van der Waals surface area (Å²) < 4.78 is 5.50. The van der Waals surface area contributed by atoms with Crippen molar-refractivity contribution in [1.29, 1.82) is 0 Å². The van der Waals surface area contributed by atoms with Gasteiger partial charge < -0.3 is 4.74 Å². The van der Waals surface area contributed by atoms with Gasteiger partial charge in [-0.2, -0.15) is 0 Å². The first-order valence-corrected chi connectivity index (χ1v) is 4.39. The minimum absolute atomic E-state index is 0.167. The number of ether oxygens (including phenoxy) is 1. The molecule has 0 aliphatic rings. The fourth-order valence-corrected chi connectivity index (χ4v) is 1.04. The average Bonchev–Trinajstić information content (AvgIpc) is 2.08. The van der Waals surface area contributed by atoms with Crippen LogP contribution in [0.5, 0.6) is 5.88 Å². The average molecular weight is 177 g/mol. The van der Waals surface area contributed by atoms with Gasteiger partial charge in [-0.15, -0.1) is 0 Å². The summed E-state index contributed by atoms with van der Waals surface area (Å²) in [5.41, 5.74) is 2.07. The van der Waals surface area contributed by atoms with Crippen molar-refractivity contribution in [3.8, 4) is 5.88 Å². The molecule has 1 aromatic rings. The van der Waals surface area contributed by atoms with Crippen molar-refractivity contribution < 1.29 is 4.74 Å². The number of nitrogens with zero attached hydrogens (tertiary/aromatic N) is 1. The largest absolute Gasteiger partial charge is 0.475 e. The zero-order valence-electron chi connectivity index (χ0n) is 8.37. The van der Waals surface area contributed by atoms with Crippen LogP contribution < -0.4 is 4.74 Å². The zero-order valence-corrected chi connectivity index (χ0v) is 8.37. The van der Waals surface area contributed by atoms with Gasteiger partial charge in [-0.3, -0.25) is 0 Å². The highest BCUT2D eigenvalue weighted by atomic mass is 16.5. The molecule has 0 aliphatic carbocycles. The molecular weight excluding hydrogens is 162 g/mol. The molecule has 0 fully saturated rings. The van der Waals surface area contributed by atoms with Crippen molar-refractivity contribution in [1.82, 2.24) is 4.98 Å². The van der Waals surface area contributed by atoms with Crippen LogP contribution in [-0.4, -0.2) is 11.1 Å². The van der Waals surface area contributed by atoms with Crippen molar-refractivity contribution in [2.24, 2.45) is 0 Å². The predicted molar refractivity (Wildman–Crippen MR) is 54.8 cm³/mol. The molecule has 2 nitrogen and oxygen atoms in total. The summed E-state index contributed by atoms with van der Waals surface area (Å²) in [5.74, 6) is 0.709. The fraction of sp³-hybridized carbons (Fsp3) is 0.364. The smallest absolute Gasteiger partial charge is 0.216 e. The Labute approximate surface area is 79.3 Å². The third kappa shape index (κ3) is 2.58. The van der Waals surface area contributed by atoms with Crippen molar-refractivity contribution in [3.05, 3.63) is 30.0 Å². The molecule has 13 heavy (non-hydrogen) atoms. The Balaban J connectivity index is 2.91. The van der Waals surface area contributed by atoms with Crippen LogP contribution in [0.1, 0.15) is 25.0 Å². The normalized spacial score (nSPS) is 10.2. The summed E-state index contributed by atoms with van der Waals surface area (Å²) in [6, 6.07) is 2.01. The minimum atomic E-state index is 0.167. The van der Waals surface area contributed by atoms with E-state index in [1.807, 2.05) is 26.8 Å². The number of rotatable bonds is 3. The Morgan fingerprint density at radius 2 is 2.23 bits per heavy atom. The summed E-state index contributed by atoms with van der Waals surface area (Å²) in [5, 5.41) is 0. The summed E-state index contributed by atoms with van der Waals surface area (Å²) in [7, 11) is 0. The SMILES string of the molecule is C=Cc1cnc(OC(C)C)c(C)c1. The van der Waals surface area contributed by atoms with Crippen LogP contribution in [0, 0.1) is 6.92 Å². The summed E-state index contributed by atoms with van der Waals surface area (Å²) in [6.45, 7) is 9.64. The third-order valence-electron chi connectivity index (χ3n) is 1.63. The van der Waals surface area contributed by atoms with Crippen molar-refractivity contribution >= 4 is 6.08 Å². The van der Waals surface area contributed by atoms with Crippen molar-refractivity contribution in [2.75, 3.05) is 0 Å². The highest BCUT2D eigenvalue weighted by Crippen LogP contribution is 2.16. The van der Waals surface area contributed by atoms with Gasteiger partial charge in [0.15, 0.2) is 0 Å². The van der Waals surface area contributed by atoms with E-state index in [1.54, 1.807) is 12.3 Å². The van der Waals surface area contributed by atoms with Gasteiger partial charge in [-0.05, 0) is 32.4 Å². The standard InChI is InChI=1S/C11H15NO/c1-5-10-6-9(4)11(12-7-10)13-8(2)3/h5-8H,1H2,2-4H3. The molecule has 70 valence electrons. The Morgan fingerprint density at radius 3 is 2.69 bits per heavy atom. The topological polar surface area (TPSA) is 22.1 Å². The van der Waals surface area contributed by atoms with Gasteiger partial charge in [0, 0.05) is 11.8 Å². The molecule has 0 atom stereocenters. The van der Waals surface area contributed by atoms with Gasteiger partial charge in [0.25, 0.3) is 0 Å². The van der Waals surface area contributed by atoms with Crippen LogP contribution in [0.4, 0.5) is 0 Å². The summed E-state index contributed by atoms with van der Waals surface area (Å²) in [4.78, 5) is 4.20. The van der Waals surface area contributed by atoms with E-state index in [9.17, 15) is 0 Å². The van der Waals surface area contributed by atoms with Gasteiger partial charge in [0.1, 0.15) is 0 Å². The van der Waals surface area contributed by atoms with E-state index >= 15 is 0 Å². The first-order valence-electron chi connectivity index (χ1n) is 4.39. The van der Waals surface area contributed by atoms with E-state index < -0.39 is 0 Å². The zero-order chi connectivity index (χ0) is 9.84. The molecule has 0 bridgehead atoms. The highest BCUT2D eigenvalue weighted by molar-refractivity contribution is 5.48. The monoisotopic (exact) mass is 177 g/mol. The quantitative estimate of drug-likeness (QED) is 0.708. The molecule has 2 heteroatoms. The molecule has 1 heterocycles. The van der Waals surface area contributed by atoms with Crippen molar-refractivity contribution in [2.45, 2.75) is 26.9 Å². The lowest BCUT2D eigenvalue weighted by molar-refractivity contribution is 0.231. The lowest BCUT2D eigenvalue weighted by Gasteiger charge is -2.10. The number of aromatic nitrogens is 1. The maximum Gasteiger partial charge on any atom is 0.216 e. The van der Waals surface area contributed by atoms with Gasteiger partial charge >= 0.3 is 0 Å². The van der Waals surface area contributed by atoms with E-state index in [2.05, 4.69) is 11.6 Å². The number of hydrogen-bond donors (Lipinski definition) is 0. The fourth-order valence-electron chi connectivity index (χ4n) is 1.04. The Hall–Kier alpha value is -1.31. The third-order valence-corrected chi connectivity index (χ3v) is 1.63. The maximum atomic E-state index is 5.50. The molecule has 0 saturated carbocycles. The first-order chi connectivity index (χ1) is 6.13. The van der Waals surface area contributed by atoms with Crippen LogP contribution in [-0.2, 0) is 0 Å². The van der Waals surface area contributed by atoms with Gasteiger partial charge in [0.05, 0.1) is 6.10 Å². The van der Waals surface area contributed by atoms with Crippen molar-refractivity contribution in [3.63, 3.8) is 0 Å². The summed E-state index contributed by atoms with van der Waals surface area (Å²) >= 11 is 0. The molecule has 0 spiro atoms. The Bertz CT molecular complexity index is 305. The van der Waals surface area contributed by atoms with Gasteiger partial charge in [-0.1, -0.05) is 12.7 Å². The maximum absolute atomic E-state index is 5.50. The molecule has 0 saturated heterocycles. The lowest BCUT2D eigenvalue weighted by Crippen LogP contribution is -2.08. The molecule has 0 aliphatic heterocycles. The second-order valence-corrected chi connectivity index (χ2v) is 3.26. The molecular formula is C11H15NO. The molecule has 0 amide bonds. The van der Waals surface area contributed by atoms with Gasteiger partial charge in [-0.25, -0.2) is 4.98 Å².